The Morgan fingerprint density at radius 2 is 2.00 bits per heavy atom. The zero-order valence-corrected chi connectivity index (χ0v) is 13.5. The summed E-state index contributed by atoms with van der Waals surface area (Å²) in [4.78, 5) is 28.7. The van der Waals surface area contributed by atoms with Crippen LogP contribution in [-0.4, -0.2) is 36.8 Å². The maximum absolute atomic E-state index is 12.1. The van der Waals surface area contributed by atoms with E-state index in [1.807, 2.05) is 0 Å². The van der Waals surface area contributed by atoms with Gasteiger partial charge in [0.1, 0.15) is 10.8 Å². The van der Waals surface area contributed by atoms with E-state index in [0.29, 0.717) is 11.3 Å². The topological polar surface area (TPSA) is 68.7 Å². The number of aromatic nitrogens is 1. The Hall–Kier alpha value is -1.82. The van der Waals surface area contributed by atoms with Crippen molar-refractivity contribution in [1.82, 2.24) is 4.98 Å². The fourth-order valence-corrected chi connectivity index (χ4v) is 1.74. The van der Waals surface area contributed by atoms with E-state index < -0.39 is 17.7 Å². The second kappa shape index (κ2) is 6.76. The van der Waals surface area contributed by atoms with E-state index in [-0.39, 0.29) is 11.6 Å². The number of pyridine rings is 1. The molecular weight excluding hydrogens is 296 g/mol. The van der Waals surface area contributed by atoms with Gasteiger partial charge in [-0.25, -0.2) is 9.78 Å². The minimum Gasteiger partial charge on any atom is -0.469 e. The smallest absolute Gasteiger partial charge is 0.414 e. The van der Waals surface area contributed by atoms with Crippen molar-refractivity contribution in [2.45, 2.75) is 32.8 Å². The quantitative estimate of drug-likeness (QED) is 0.634. The molecule has 0 fully saturated rings. The molecule has 1 rings (SSSR count). The molecule has 6 nitrogen and oxygen atoms in total. The number of carbonyl (C=O) groups is 2. The normalized spacial score (nSPS) is 11.0. The standard InChI is InChI=1S/C14H19ClN2O4/c1-14(2,3)21-13(19)17(4)10-8-16-11(15)6-9(10)7-12(18)20-5/h6,8H,7H2,1-5H3. The molecule has 1 aromatic rings. The first-order valence-corrected chi connectivity index (χ1v) is 6.70. The van der Waals surface area contributed by atoms with Crippen LogP contribution in [0.3, 0.4) is 0 Å². The van der Waals surface area contributed by atoms with Crippen molar-refractivity contribution >= 4 is 29.4 Å². The Balaban J connectivity index is 3.05. The van der Waals surface area contributed by atoms with E-state index >= 15 is 0 Å². The predicted molar refractivity (Wildman–Crippen MR) is 79.6 cm³/mol. The molecule has 0 bridgehead atoms. The lowest BCUT2D eigenvalue weighted by atomic mass is 10.1. The Kier molecular flexibility index (Phi) is 5.54. The highest BCUT2D eigenvalue weighted by atomic mass is 35.5. The highest BCUT2D eigenvalue weighted by molar-refractivity contribution is 6.29. The number of halogens is 1. The molecular formula is C14H19ClN2O4. The number of carbonyl (C=O) groups excluding carboxylic acids is 2. The summed E-state index contributed by atoms with van der Waals surface area (Å²) in [6.45, 7) is 5.32. The van der Waals surface area contributed by atoms with Gasteiger partial charge in [0.15, 0.2) is 0 Å². The molecule has 0 aromatic carbocycles. The maximum atomic E-state index is 12.1. The van der Waals surface area contributed by atoms with Gasteiger partial charge in [0.2, 0.25) is 0 Å². The molecule has 1 amide bonds. The van der Waals surface area contributed by atoms with Crippen molar-refractivity contribution < 1.29 is 19.1 Å². The van der Waals surface area contributed by atoms with E-state index in [2.05, 4.69) is 9.72 Å². The van der Waals surface area contributed by atoms with Crippen LogP contribution in [0.4, 0.5) is 10.5 Å². The molecule has 116 valence electrons. The van der Waals surface area contributed by atoms with Gasteiger partial charge in [-0.2, -0.15) is 0 Å². The number of anilines is 1. The number of amides is 1. The summed E-state index contributed by atoms with van der Waals surface area (Å²) < 4.78 is 9.91. The summed E-state index contributed by atoms with van der Waals surface area (Å²) in [5.74, 6) is -0.434. The van der Waals surface area contributed by atoms with Gasteiger partial charge in [-0.15, -0.1) is 0 Å². The molecule has 0 aliphatic rings. The first-order chi connectivity index (χ1) is 9.64. The molecule has 0 radical (unpaired) electrons. The Morgan fingerprint density at radius 1 is 1.38 bits per heavy atom. The number of hydrogen-bond acceptors (Lipinski definition) is 5. The Morgan fingerprint density at radius 3 is 2.52 bits per heavy atom. The molecule has 0 aliphatic heterocycles. The van der Waals surface area contributed by atoms with Gasteiger partial charge < -0.3 is 9.47 Å². The summed E-state index contributed by atoms with van der Waals surface area (Å²) in [6.07, 6.45) is 0.865. The second-order valence-electron chi connectivity index (χ2n) is 5.43. The first kappa shape index (κ1) is 17.2. The number of ether oxygens (including phenoxy) is 2. The lowest BCUT2D eigenvalue weighted by Crippen LogP contribution is -2.34. The van der Waals surface area contributed by atoms with Crippen LogP contribution in [0.2, 0.25) is 5.15 Å². The van der Waals surface area contributed by atoms with E-state index in [1.165, 1.54) is 24.3 Å². The van der Waals surface area contributed by atoms with E-state index in [4.69, 9.17) is 16.3 Å². The van der Waals surface area contributed by atoms with Crippen LogP contribution >= 0.6 is 11.6 Å². The van der Waals surface area contributed by atoms with E-state index in [1.54, 1.807) is 27.8 Å². The van der Waals surface area contributed by atoms with Gasteiger partial charge in [0.05, 0.1) is 25.4 Å². The van der Waals surface area contributed by atoms with Crippen LogP contribution in [0.15, 0.2) is 12.3 Å². The van der Waals surface area contributed by atoms with Crippen LogP contribution in [-0.2, 0) is 20.7 Å². The fourth-order valence-electron chi connectivity index (χ4n) is 1.56. The number of esters is 1. The van der Waals surface area contributed by atoms with Crippen LogP contribution in [0, 0.1) is 0 Å². The minimum absolute atomic E-state index is 0.0127. The minimum atomic E-state index is -0.617. The van der Waals surface area contributed by atoms with E-state index in [0.717, 1.165) is 0 Å². The van der Waals surface area contributed by atoms with Crippen molar-refractivity contribution in [1.29, 1.82) is 0 Å². The van der Waals surface area contributed by atoms with Crippen molar-refractivity contribution in [3.8, 4) is 0 Å². The maximum Gasteiger partial charge on any atom is 0.414 e. The van der Waals surface area contributed by atoms with Crippen LogP contribution in [0.5, 0.6) is 0 Å². The summed E-state index contributed by atoms with van der Waals surface area (Å²) >= 11 is 5.84. The molecule has 0 unspecified atom stereocenters. The largest absolute Gasteiger partial charge is 0.469 e. The molecule has 7 heteroatoms. The average Bonchev–Trinajstić information content (AvgIpc) is 2.36. The van der Waals surface area contributed by atoms with Gasteiger partial charge in [-0.05, 0) is 32.4 Å². The molecule has 0 saturated heterocycles. The summed E-state index contributed by atoms with van der Waals surface area (Å²) in [5.41, 5.74) is 0.363. The average molecular weight is 315 g/mol. The zero-order chi connectivity index (χ0) is 16.2. The van der Waals surface area contributed by atoms with Crippen LogP contribution < -0.4 is 4.90 Å². The van der Waals surface area contributed by atoms with Crippen LogP contribution in [0.25, 0.3) is 0 Å². The van der Waals surface area contributed by atoms with Gasteiger partial charge in [-0.3, -0.25) is 9.69 Å². The summed E-state index contributed by atoms with van der Waals surface area (Å²) in [6, 6.07) is 1.52. The first-order valence-electron chi connectivity index (χ1n) is 6.32. The number of methoxy groups -OCH3 is 1. The van der Waals surface area contributed by atoms with Gasteiger partial charge in [0.25, 0.3) is 0 Å². The second-order valence-corrected chi connectivity index (χ2v) is 5.82. The number of nitrogens with zero attached hydrogens (tertiary/aromatic N) is 2. The van der Waals surface area contributed by atoms with Crippen molar-refractivity contribution in [3.63, 3.8) is 0 Å². The van der Waals surface area contributed by atoms with Crippen molar-refractivity contribution in [2.75, 3.05) is 19.1 Å². The summed E-state index contributed by atoms with van der Waals surface area (Å²) in [7, 11) is 2.84. The Bertz CT molecular complexity index is 540. The molecule has 0 aliphatic carbocycles. The zero-order valence-electron chi connectivity index (χ0n) is 12.8. The van der Waals surface area contributed by atoms with Crippen molar-refractivity contribution in [2.24, 2.45) is 0 Å². The summed E-state index contributed by atoms with van der Waals surface area (Å²) in [5, 5.41) is 0.232. The Labute approximate surface area is 129 Å². The molecule has 0 saturated carbocycles. The van der Waals surface area contributed by atoms with E-state index in [9.17, 15) is 9.59 Å². The lowest BCUT2D eigenvalue weighted by Gasteiger charge is -2.25. The van der Waals surface area contributed by atoms with Gasteiger partial charge in [-0.1, -0.05) is 11.6 Å². The van der Waals surface area contributed by atoms with Gasteiger partial charge in [0, 0.05) is 7.05 Å². The van der Waals surface area contributed by atoms with Crippen LogP contribution in [0.1, 0.15) is 26.3 Å². The van der Waals surface area contributed by atoms with Crippen molar-refractivity contribution in [3.05, 3.63) is 23.0 Å². The molecule has 0 atom stereocenters. The lowest BCUT2D eigenvalue weighted by molar-refractivity contribution is -0.139. The highest BCUT2D eigenvalue weighted by Crippen LogP contribution is 2.24. The SMILES string of the molecule is COC(=O)Cc1cc(Cl)ncc1N(C)C(=O)OC(C)(C)C. The molecule has 0 spiro atoms. The molecule has 0 N–H and O–H groups in total. The molecule has 1 heterocycles. The third-order valence-corrected chi connectivity index (χ3v) is 2.73. The van der Waals surface area contributed by atoms with Gasteiger partial charge >= 0.3 is 12.1 Å². The number of rotatable bonds is 3. The number of hydrogen-bond donors (Lipinski definition) is 0. The monoisotopic (exact) mass is 314 g/mol. The highest BCUT2D eigenvalue weighted by Gasteiger charge is 2.23. The fraction of sp³-hybridized carbons (Fsp3) is 0.500. The molecule has 21 heavy (non-hydrogen) atoms. The predicted octanol–water partition coefficient (Wildman–Crippen LogP) is 2.82. The molecule has 1 aromatic heterocycles. The third kappa shape index (κ3) is 5.23. The third-order valence-electron chi connectivity index (χ3n) is 2.52.